The van der Waals surface area contributed by atoms with Crippen LogP contribution in [0.1, 0.15) is 56.3 Å². The summed E-state index contributed by atoms with van der Waals surface area (Å²) in [6.45, 7) is 0. The molecule has 4 bridgehead atoms. The molecule has 0 aromatic heterocycles. The molecule has 6 aliphatic rings. The first-order valence-electron chi connectivity index (χ1n) is 10.4. The number of hydrogen-bond acceptors (Lipinski definition) is 0. The maximum atomic E-state index is 7.88. The van der Waals surface area contributed by atoms with Crippen LogP contribution >= 0.6 is 23.2 Å². The van der Waals surface area contributed by atoms with E-state index in [1.54, 1.807) is 0 Å². The molecule has 0 N–H and O–H groups in total. The van der Waals surface area contributed by atoms with Crippen molar-refractivity contribution >= 4 is 23.2 Å². The minimum absolute atomic E-state index is 0.0120. The molecule has 0 atom stereocenters. The van der Waals surface area contributed by atoms with E-state index in [-0.39, 0.29) is 11.8 Å². The molecule has 2 heteroatoms. The zero-order valence-corrected chi connectivity index (χ0v) is 17.7. The second kappa shape index (κ2) is 5.58. The van der Waals surface area contributed by atoms with E-state index in [9.17, 15) is 0 Å². The standard InChI is InChI=1S/C28H18Cl2/c29-27-21-13-5-1-9-17(21)25(18-10-2-6-14-22(18)27)28(30)23-15-7-3-11-19(23)26(27)20-12-4-8-16-24(20)28/h1-16,25-26H. The van der Waals surface area contributed by atoms with Crippen LogP contribution < -0.4 is 0 Å². The fourth-order valence-corrected chi connectivity index (χ4v) is 7.58. The van der Waals surface area contributed by atoms with Crippen LogP contribution in [-0.2, 0) is 9.75 Å². The maximum absolute atomic E-state index is 7.88. The van der Waals surface area contributed by atoms with E-state index in [1.165, 1.54) is 44.5 Å². The molecule has 4 aromatic rings. The Morgan fingerprint density at radius 2 is 0.633 bits per heavy atom. The number of benzene rings is 4. The molecule has 4 aromatic carbocycles. The van der Waals surface area contributed by atoms with Crippen LogP contribution in [0.15, 0.2) is 97.1 Å². The molecule has 0 saturated heterocycles. The van der Waals surface area contributed by atoms with Gasteiger partial charge in [-0.15, -0.1) is 23.2 Å². The smallest absolute Gasteiger partial charge is 0.106 e. The van der Waals surface area contributed by atoms with E-state index in [0.717, 1.165) is 0 Å². The first-order chi connectivity index (χ1) is 14.7. The first-order valence-corrected chi connectivity index (χ1v) is 11.2. The van der Waals surface area contributed by atoms with Crippen molar-refractivity contribution < 1.29 is 0 Å². The van der Waals surface area contributed by atoms with Crippen LogP contribution in [0.25, 0.3) is 0 Å². The van der Waals surface area contributed by atoms with Crippen LogP contribution in [0.2, 0.25) is 0 Å². The fourth-order valence-electron chi connectivity index (χ4n) is 6.42. The Kier molecular flexibility index (Phi) is 3.19. The molecule has 6 aliphatic carbocycles. The summed E-state index contributed by atoms with van der Waals surface area (Å²) in [6, 6.07) is 34.6. The highest BCUT2D eigenvalue weighted by Crippen LogP contribution is 2.70. The van der Waals surface area contributed by atoms with Gasteiger partial charge in [0.25, 0.3) is 0 Å². The quantitative estimate of drug-likeness (QED) is 0.260. The lowest BCUT2D eigenvalue weighted by Crippen LogP contribution is -2.49. The van der Waals surface area contributed by atoms with Crippen molar-refractivity contribution in [1.82, 2.24) is 0 Å². The van der Waals surface area contributed by atoms with Crippen LogP contribution in [0.4, 0.5) is 0 Å². The van der Waals surface area contributed by atoms with E-state index < -0.39 is 9.75 Å². The maximum Gasteiger partial charge on any atom is 0.106 e. The Morgan fingerprint density at radius 1 is 0.400 bits per heavy atom. The van der Waals surface area contributed by atoms with Crippen LogP contribution in [0.5, 0.6) is 0 Å². The highest BCUT2D eigenvalue weighted by molar-refractivity contribution is 6.30. The van der Waals surface area contributed by atoms with E-state index >= 15 is 0 Å². The molecule has 0 amide bonds. The second-order valence-electron chi connectivity index (χ2n) is 8.64. The fraction of sp³-hybridized carbons (Fsp3) is 0.143. The molecule has 30 heavy (non-hydrogen) atoms. The van der Waals surface area contributed by atoms with Gasteiger partial charge in [0.05, 0.1) is 0 Å². The molecule has 0 aliphatic heterocycles. The highest BCUT2D eigenvalue weighted by Gasteiger charge is 2.61. The molecule has 0 spiro atoms. The van der Waals surface area contributed by atoms with Gasteiger partial charge in [-0.3, -0.25) is 0 Å². The summed E-state index contributed by atoms with van der Waals surface area (Å²) in [4.78, 5) is -1.37. The molecule has 144 valence electrons. The van der Waals surface area contributed by atoms with Gasteiger partial charge in [0.15, 0.2) is 0 Å². The summed E-state index contributed by atoms with van der Waals surface area (Å²) in [5.41, 5.74) is 9.74. The van der Waals surface area contributed by atoms with Crippen molar-refractivity contribution in [2.45, 2.75) is 21.6 Å². The monoisotopic (exact) mass is 424 g/mol. The third-order valence-corrected chi connectivity index (χ3v) is 8.70. The predicted molar refractivity (Wildman–Crippen MR) is 123 cm³/mol. The molecular weight excluding hydrogens is 407 g/mol. The molecular formula is C28H18Cl2. The lowest BCUT2D eigenvalue weighted by atomic mass is 9.52. The van der Waals surface area contributed by atoms with Crippen molar-refractivity contribution in [2.24, 2.45) is 0 Å². The summed E-state index contributed by atoms with van der Waals surface area (Å²) < 4.78 is 0. The normalized spacial score (nSPS) is 29.3. The van der Waals surface area contributed by atoms with Gasteiger partial charge in [0.1, 0.15) is 9.75 Å². The van der Waals surface area contributed by atoms with Crippen molar-refractivity contribution in [3.63, 3.8) is 0 Å². The van der Waals surface area contributed by atoms with Gasteiger partial charge in [-0.1, -0.05) is 97.1 Å². The Labute approximate surface area is 186 Å². The van der Waals surface area contributed by atoms with Crippen molar-refractivity contribution in [3.05, 3.63) is 142 Å². The summed E-state index contributed by atoms with van der Waals surface area (Å²) in [5, 5.41) is 0. The van der Waals surface area contributed by atoms with Crippen LogP contribution in [0.3, 0.4) is 0 Å². The molecule has 0 unspecified atom stereocenters. The average molecular weight is 425 g/mol. The van der Waals surface area contributed by atoms with Crippen LogP contribution in [-0.4, -0.2) is 0 Å². The summed E-state index contributed by atoms with van der Waals surface area (Å²) in [6.07, 6.45) is 0. The van der Waals surface area contributed by atoms with Gasteiger partial charge in [-0.05, 0) is 44.5 Å². The number of alkyl halides is 2. The van der Waals surface area contributed by atoms with Crippen molar-refractivity contribution in [2.75, 3.05) is 0 Å². The minimum Gasteiger partial charge on any atom is -0.108 e. The third-order valence-electron chi connectivity index (χ3n) is 7.45. The summed E-state index contributed by atoms with van der Waals surface area (Å²) >= 11 is 15.8. The zero-order chi connectivity index (χ0) is 20.1. The number of hydrogen-bond donors (Lipinski definition) is 0. The Bertz CT molecular complexity index is 1150. The van der Waals surface area contributed by atoms with E-state index in [1.807, 2.05) is 0 Å². The summed E-state index contributed by atoms with van der Waals surface area (Å²) in [5.74, 6) is -0.0241. The Morgan fingerprint density at radius 3 is 0.900 bits per heavy atom. The van der Waals surface area contributed by atoms with Gasteiger partial charge in [0.2, 0.25) is 0 Å². The van der Waals surface area contributed by atoms with E-state index in [4.69, 9.17) is 23.2 Å². The molecule has 0 heterocycles. The third kappa shape index (κ3) is 1.74. The predicted octanol–water partition coefficient (Wildman–Crippen LogP) is 7.26. The van der Waals surface area contributed by atoms with Crippen molar-refractivity contribution in [3.8, 4) is 0 Å². The van der Waals surface area contributed by atoms with Gasteiger partial charge >= 0.3 is 0 Å². The molecule has 0 nitrogen and oxygen atoms in total. The number of halogens is 2. The highest BCUT2D eigenvalue weighted by atomic mass is 35.5. The lowest BCUT2D eigenvalue weighted by Gasteiger charge is -2.56. The van der Waals surface area contributed by atoms with E-state index in [2.05, 4.69) is 97.1 Å². The SMILES string of the molecule is ClC12c3ccccc3C(c3ccccc31)C1(Cl)c3ccccc3C2c2ccccc21. The van der Waals surface area contributed by atoms with Gasteiger partial charge in [0, 0.05) is 11.8 Å². The minimum atomic E-state index is -0.686. The molecule has 0 saturated carbocycles. The largest absolute Gasteiger partial charge is 0.108 e. The molecule has 0 radical (unpaired) electrons. The topological polar surface area (TPSA) is 0 Å². The lowest BCUT2D eigenvalue weighted by molar-refractivity contribution is 0.467. The van der Waals surface area contributed by atoms with Gasteiger partial charge in [-0.2, -0.15) is 0 Å². The molecule has 10 rings (SSSR count). The average Bonchev–Trinajstić information content (AvgIpc) is 2.79. The van der Waals surface area contributed by atoms with Gasteiger partial charge < -0.3 is 0 Å². The second-order valence-corrected chi connectivity index (χ2v) is 9.83. The Hall–Kier alpha value is -2.54. The zero-order valence-electron chi connectivity index (χ0n) is 16.1. The van der Waals surface area contributed by atoms with E-state index in [0.29, 0.717) is 0 Å². The molecule has 0 fully saturated rings. The van der Waals surface area contributed by atoms with Crippen LogP contribution in [0, 0.1) is 0 Å². The van der Waals surface area contributed by atoms with Crippen molar-refractivity contribution in [1.29, 1.82) is 0 Å². The first kappa shape index (κ1) is 17.2. The summed E-state index contributed by atoms with van der Waals surface area (Å²) in [7, 11) is 0. The van der Waals surface area contributed by atoms with Gasteiger partial charge in [-0.25, -0.2) is 0 Å². The number of rotatable bonds is 0. The Balaban J connectivity index is 1.77.